The van der Waals surface area contributed by atoms with Crippen LogP contribution in [-0.2, 0) is 27.7 Å². The predicted molar refractivity (Wildman–Crippen MR) is 84.1 cm³/mol. The molecule has 5 nitrogen and oxygen atoms in total. The zero-order valence-corrected chi connectivity index (χ0v) is 13.4. The lowest BCUT2D eigenvalue weighted by atomic mass is 10.1. The van der Waals surface area contributed by atoms with Gasteiger partial charge >= 0.3 is 16.1 Å². The average Bonchev–Trinajstić information content (AvgIpc) is 3.01. The molecule has 0 unspecified atom stereocenters. The molecule has 0 aliphatic heterocycles. The summed E-state index contributed by atoms with van der Waals surface area (Å²) in [5.41, 5.74) is 2.48. The number of methoxy groups -OCH3 is 1. The summed E-state index contributed by atoms with van der Waals surface area (Å²) in [6.45, 7) is 0. The molecule has 0 aromatic heterocycles. The van der Waals surface area contributed by atoms with Crippen molar-refractivity contribution in [2.24, 2.45) is 0 Å². The highest BCUT2D eigenvalue weighted by Crippen LogP contribution is 2.26. The van der Waals surface area contributed by atoms with Crippen LogP contribution in [0.15, 0.2) is 47.4 Å². The fourth-order valence-electron chi connectivity index (χ4n) is 2.67. The fourth-order valence-corrected chi connectivity index (χ4v) is 3.65. The molecule has 0 atom stereocenters. The van der Waals surface area contributed by atoms with Gasteiger partial charge in [-0.1, -0.05) is 12.1 Å². The minimum Gasteiger partial charge on any atom is -0.465 e. The summed E-state index contributed by atoms with van der Waals surface area (Å²) in [4.78, 5) is 11.6. The van der Waals surface area contributed by atoms with Gasteiger partial charge in [0.2, 0.25) is 0 Å². The number of hydrogen-bond acceptors (Lipinski definition) is 5. The molecular formula is C17H16O5S. The fraction of sp³-hybridized carbons (Fsp3) is 0.235. The molecule has 0 saturated heterocycles. The van der Waals surface area contributed by atoms with Gasteiger partial charge in [-0.25, -0.2) is 4.79 Å². The molecule has 6 heteroatoms. The molecule has 2 aromatic carbocycles. The van der Waals surface area contributed by atoms with Gasteiger partial charge in [0.1, 0.15) is 10.6 Å². The van der Waals surface area contributed by atoms with Crippen molar-refractivity contribution in [3.8, 4) is 5.75 Å². The largest absolute Gasteiger partial charge is 0.465 e. The Kier molecular flexibility index (Phi) is 4.09. The lowest BCUT2D eigenvalue weighted by molar-refractivity contribution is 0.0600. The Labute approximate surface area is 135 Å². The van der Waals surface area contributed by atoms with E-state index < -0.39 is 16.1 Å². The maximum atomic E-state index is 12.4. The molecule has 1 aliphatic carbocycles. The van der Waals surface area contributed by atoms with E-state index in [0.29, 0.717) is 0 Å². The lowest BCUT2D eigenvalue weighted by Crippen LogP contribution is -2.11. The quantitative estimate of drug-likeness (QED) is 0.636. The number of carbonyl (C=O) groups excluding carboxylic acids is 1. The van der Waals surface area contributed by atoms with E-state index in [4.69, 9.17) is 4.18 Å². The Hall–Kier alpha value is -2.34. The van der Waals surface area contributed by atoms with Crippen molar-refractivity contribution < 1.29 is 22.1 Å². The van der Waals surface area contributed by atoms with E-state index in [9.17, 15) is 13.2 Å². The van der Waals surface area contributed by atoms with Crippen LogP contribution in [-0.4, -0.2) is 21.5 Å². The monoisotopic (exact) mass is 332 g/mol. The van der Waals surface area contributed by atoms with E-state index in [1.807, 2.05) is 6.07 Å². The summed E-state index contributed by atoms with van der Waals surface area (Å²) < 4.78 is 34.6. The maximum Gasteiger partial charge on any atom is 0.339 e. The van der Waals surface area contributed by atoms with Crippen molar-refractivity contribution in [1.82, 2.24) is 0 Å². The summed E-state index contributed by atoms with van der Waals surface area (Å²) in [5.74, 6) is -0.473. The van der Waals surface area contributed by atoms with Crippen molar-refractivity contribution in [2.45, 2.75) is 24.2 Å². The van der Waals surface area contributed by atoms with Crippen LogP contribution in [0.2, 0.25) is 0 Å². The Morgan fingerprint density at radius 3 is 2.61 bits per heavy atom. The van der Waals surface area contributed by atoms with Gasteiger partial charge in [-0.05, 0) is 60.7 Å². The Morgan fingerprint density at radius 2 is 1.83 bits per heavy atom. The summed E-state index contributed by atoms with van der Waals surface area (Å²) in [5, 5.41) is 0. The van der Waals surface area contributed by atoms with Gasteiger partial charge in [0.05, 0.1) is 12.7 Å². The first kappa shape index (κ1) is 15.6. The van der Waals surface area contributed by atoms with E-state index in [1.165, 1.54) is 30.9 Å². The second kappa shape index (κ2) is 6.04. The predicted octanol–water partition coefficient (Wildman–Crippen LogP) is 2.73. The van der Waals surface area contributed by atoms with E-state index in [2.05, 4.69) is 4.74 Å². The van der Waals surface area contributed by atoms with Crippen LogP contribution in [0.25, 0.3) is 0 Å². The SMILES string of the molecule is COC(=O)c1cccc(OS(=O)(=O)c2ccc3c(c2)CCC3)c1. The molecule has 120 valence electrons. The van der Waals surface area contributed by atoms with Gasteiger partial charge in [-0.2, -0.15) is 8.42 Å². The number of esters is 1. The molecule has 0 heterocycles. The normalized spacial score (nSPS) is 13.4. The third kappa shape index (κ3) is 3.22. The topological polar surface area (TPSA) is 69.7 Å². The average molecular weight is 332 g/mol. The molecule has 0 spiro atoms. The molecule has 0 fully saturated rings. The standard InChI is InChI=1S/C17H16O5S/c1-21-17(18)14-6-3-7-15(10-14)22-23(19,20)16-9-8-12-4-2-5-13(12)11-16/h3,6-11H,2,4-5H2,1H3. The summed E-state index contributed by atoms with van der Waals surface area (Å²) in [6.07, 6.45) is 2.91. The summed E-state index contributed by atoms with van der Waals surface area (Å²) in [6, 6.07) is 11.0. The Balaban J connectivity index is 1.88. The number of rotatable bonds is 4. The molecule has 0 amide bonds. The summed E-state index contributed by atoms with van der Waals surface area (Å²) in [7, 11) is -2.68. The molecule has 0 saturated carbocycles. The van der Waals surface area contributed by atoms with Crippen molar-refractivity contribution in [2.75, 3.05) is 7.11 Å². The van der Waals surface area contributed by atoms with E-state index in [0.717, 1.165) is 24.8 Å². The van der Waals surface area contributed by atoms with E-state index in [1.54, 1.807) is 18.2 Å². The molecule has 0 N–H and O–H groups in total. The molecule has 0 bridgehead atoms. The molecule has 1 aliphatic rings. The first-order chi connectivity index (χ1) is 11.0. The van der Waals surface area contributed by atoms with Gasteiger partial charge in [0.25, 0.3) is 0 Å². The molecule has 23 heavy (non-hydrogen) atoms. The number of carbonyl (C=O) groups is 1. The van der Waals surface area contributed by atoms with Gasteiger partial charge in [0, 0.05) is 0 Å². The van der Waals surface area contributed by atoms with Crippen LogP contribution in [0.1, 0.15) is 27.9 Å². The van der Waals surface area contributed by atoms with Gasteiger partial charge < -0.3 is 8.92 Å². The zero-order valence-electron chi connectivity index (χ0n) is 12.6. The number of hydrogen-bond donors (Lipinski definition) is 0. The van der Waals surface area contributed by atoms with Gasteiger partial charge in [-0.3, -0.25) is 0 Å². The van der Waals surface area contributed by atoms with Crippen molar-refractivity contribution in [3.63, 3.8) is 0 Å². The number of benzene rings is 2. The number of ether oxygens (including phenoxy) is 1. The highest BCUT2D eigenvalue weighted by Gasteiger charge is 2.20. The Morgan fingerprint density at radius 1 is 1.04 bits per heavy atom. The number of fused-ring (bicyclic) bond motifs is 1. The highest BCUT2D eigenvalue weighted by atomic mass is 32.2. The lowest BCUT2D eigenvalue weighted by Gasteiger charge is -2.09. The smallest absolute Gasteiger partial charge is 0.339 e. The second-order valence-electron chi connectivity index (χ2n) is 5.34. The van der Waals surface area contributed by atoms with Crippen molar-refractivity contribution >= 4 is 16.1 Å². The third-order valence-electron chi connectivity index (χ3n) is 3.82. The molecule has 0 radical (unpaired) electrons. The second-order valence-corrected chi connectivity index (χ2v) is 6.89. The van der Waals surface area contributed by atoms with Crippen LogP contribution >= 0.6 is 0 Å². The van der Waals surface area contributed by atoms with Crippen LogP contribution < -0.4 is 4.18 Å². The van der Waals surface area contributed by atoms with Crippen molar-refractivity contribution in [3.05, 3.63) is 59.2 Å². The van der Waals surface area contributed by atoms with Crippen LogP contribution in [0.3, 0.4) is 0 Å². The first-order valence-corrected chi connectivity index (χ1v) is 8.65. The minimum atomic E-state index is -3.94. The Bertz CT molecular complexity index is 855. The first-order valence-electron chi connectivity index (χ1n) is 7.24. The van der Waals surface area contributed by atoms with Gasteiger partial charge in [0.15, 0.2) is 0 Å². The van der Waals surface area contributed by atoms with Crippen LogP contribution in [0, 0.1) is 0 Å². The van der Waals surface area contributed by atoms with Crippen LogP contribution in [0.4, 0.5) is 0 Å². The van der Waals surface area contributed by atoms with E-state index in [-0.39, 0.29) is 16.2 Å². The van der Waals surface area contributed by atoms with E-state index >= 15 is 0 Å². The van der Waals surface area contributed by atoms with Crippen LogP contribution in [0.5, 0.6) is 5.75 Å². The zero-order chi connectivity index (χ0) is 16.4. The minimum absolute atomic E-state index is 0.0772. The molecular weight excluding hydrogens is 316 g/mol. The maximum absolute atomic E-state index is 12.4. The highest BCUT2D eigenvalue weighted by molar-refractivity contribution is 7.87. The molecule has 2 aromatic rings. The number of aryl methyl sites for hydroxylation is 2. The van der Waals surface area contributed by atoms with Gasteiger partial charge in [-0.15, -0.1) is 0 Å². The third-order valence-corrected chi connectivity index (χ3v) is 5.06. The summed E-state index contributed by atoms with van der Waals surface area (Å²) >= 11 is 0. The molecule has 3 rings (SSSR count). The van der Waals surface area contributed by atoms with Crippen molar-refractivity contribution in [1.29, 1.82) is 0 Å².